The van der Waals surface area contributed by atoms with Crippen molar-refractivity contribution in [2.75, 3.05) is 6.26 Å². The molecule has 1 atom stereocenters. The Kier molecular flexibility index (Phi) is 4.50. The molecule has 0 aliphatic rings. The molecular weight excluding hydrogens is 272 g/mol. The molecule has 0 unspecified atom stereocenters. The highest BCUT2D eigenvalue weighted by atomic mass is 35.5. The van der Waals surface area contributed by atoms with Gasteiger partial charge in [0.15, 0.2) is 0 Å². The van der Waals surface area contributed by atoms with Crippen molar-refractivity contribution in [3.05, 3.63) is 29.0 Å². The van der Waals surface area contributed by atoms with Gasteiger partial charge in [0.05, 0.1) is 15.5 Å². The largest absolute Gasteiger partial charge is 0.271 e. The zero-order chi connectivity index (χ0) is 14.0. The first kappa shape index (κ1) is 15.1. The Bertz CT molecular complexity index is 570. The van der Waals surface area contributed by atoms with Gasteiger partial charge in [-0.3, -0.25) is 4.79 Å². The van der Waals surface area contributed by atoms with Crippen LogP contribution in [0.5, 0.6) is 0 Å². The molecule has 0 saturated carbocycles. The summed E-state index contributed by atoms with van der Waals surface area (Å²) in [7, 11) is -2.59. The van der Waals surface area contributed by atoms with Gasteiger partial charge >= 0.3 is 0 Å². The lowest BCUT2D eigenvalue weighted by Crippen LogP contribution is -2.19. The second kappa shape index (κ2) is 5.36. The first-order valence-corrected chi connectivity index (χ1v) is 7.92. The summed E-state index contributed by atoms with van der Waals surface area (Å²) in [6.07, 6.45) is 3.02. The van der Waals surface area contributed by atoms with E-state index in [1.165, 1.54) is 6.26 Å². The Morgan fingerprint density at radius 2 is 2.11 bits per heavy atom. The van der Waals surface area contributed by atoms with Crippen molar-refractivity contribution in [2.45, 2.75) is 26.5 Å². The van der Waals surface area contributed by atoms with E-state index in [-0.39, 0.29) is 11.7 Å². The maximum Gasteiger partial charge on any atom is 0.259 e. The van der Waals surface area contributed by atoms with Crippen LogP contribution in [0.3, 0.4) is 0 Å². The molecular formula is C12H17ClN2O2S. The van der Waals surface area contributed by atoms with Gasteiger partial charge in [-0.05, 0) is 17.7 Å². The third kappa shape index (κ3) is 4.74. The van der Waals surface area contributed by atoms with E-state index in [2.05, 4.69) is 9.35 Å². The summed E-state index contributed by atoms with van der Waals surface area (Å²) >= 11 is 5.75. The van der Waals surface area contributed by atoms with Crippen molar-refractivity contribution < 1.29 is 9.00 Å². The standard InChI is InChI=1S/C12H17ClN2O2S/c1-12(2,3)11(16)15-18(4,17)8-9-5-6-14-10(13)7-9/h5-7H,8H2,1-4H3/t18-/m0/s1. The molecule has 1 heterocycles. The number of amides is 1. The van der Waals surface area contributed by atoms with Crippen molar-refractivity contribution in [2.24, 2.45) is 9.78 Å². The molecule has 0 bridgehead atoms. The smallest absolute Gasteiger partial charge is 0.259 e. The van der Waals surface area contributed by atoms with Gasteiger partial charge in [-0.2, -0.15) is 4.36 Å². The van der Waals surface area contributed by atoms with Gasteiger partial charge in [-0.15, -0.1) is 0 Å². The molecule has 6 heteroatoms. The molecule has 0 saturated heterocycles. The Morgan fingerprint density at radius 1 is 1.50 bits per heavy atom. The second-order valence-electron chi connectivity index (χ2n) is 5.24. The zero-order valence-electron chi connectivity index (χ0n) is 10.9. The molecule has 18 heavy (non-hydrogen) atoms. The van der Waals surface area contributed by atoms with Crippen LogP contribution in [-0.4, -0.2) is 21.4 Å². The number of hydrogen-bond acceptors (Lipinski definition) is 3. The number of halogens is 1. The number of nitrogens with zero attached hydrogens (tertiary/aromatic N) is 2. The van der Waals surface area contributed by atoms with Crippen LogP contribution in [0.15, 0.2) is 22.7 Å². The van der Waals surface area contributed by atoms with Crippen LogP contribution in [0, 0.1) is 5.41 Å². The lowest BCUT2D eigenvalue weighted by Gasteiger charge is -2.13. The molecule has 0 aliphatic heterocycles. The summed E-state index contributed by atoms with van der Waals surface area (Å²) < 4.78 is 16.1. The minimum absolute atomic E-state index is 0.192. The molecule has 1 rings (SSSR count). The van der Waals surface area contributed by atoms with Crippen LogP contribution in [0.4, 0.5) is 0 Å². The molecule has 1 aromatic rings. The Morgan fingerprint density at radius 3 is 2.61 bits per heavy atom. The van der Waals surface area contributed by atoms with E-state index in [1.807, 2.05) is 0 Å². The second-order valence-corrected chi connectivity index (χ2v) is 8.01. The summed E-state index contributed by atoms with van der Waals surface area (Å²) in [5.74, 6) is -0.160. The van der Waals surface area contributed by atoms with Crippen LogP contribution in [0.2, 0.25) is 5.15 Å². The van der Waals surface area contributed by atoms with Gasteiger partial charge in [0.2, 0.25) is 0 Å². The Balaban J connectivity index is 2.99. The summed E-state index contributed by atoms with van der Waals surface area (Å²) in [5.41, 5.74) is 0.141. The SMILES string of the molecule is CC(C)(C)C(=O)N=[S@@](C)(=O)Cc1ccnc(Cl)c1. The average molecular weight is 289 g/mol. The van der Waals surface area contributed by atoms with Gasteiger partial charge in [0, 0.05) is 17.9 Å². The van der Waals surface area contributed by atoms with E-state index in [4.69, 9.17) is 11.6 Å². The van der Waals surface area contributed by atoms with Crippen LogP contribution in [0.1, 0.15) is 26.3 Å². The van der Waals surface area contributed by atoms with Gasteiger partial charge in [-0.25, -0.2) is 9.19 Å². The number of aromatic nitrogens is 1. The Labute approximate surface area is 113 Å². The fraction of sp³-hybridized carbons (Fsp3) is 0.500. The molecule has 0 spiro atoms. The fourth-order valence-corrected chi connectivity index (χ4v) is 2.87. The van der Waals surface area contributed by atoms with Crippen molar-refractivity contribution in [3.8, 4) is 0 Å². The van der Waals surface area contributed by atoms with Crippen molar-refractivity contribution in [1.82, 2.24) is 4.98 Å². The lowest BCUT2D eigenvalue weighted by atomic mass is 9.96. The molecule has 1 amide bonds. The van der Waals surface area contributed by atoms with Gasteiger partial charge < -0.3 is 0 Å². The molecule has 0 aromatic carbocycles. The van der Waals surface area contributed by atoms with E-state index >= 15 is 0 Å². The monoisotopic (exact) mass is 288 g/mol. The average Bonchev–Trinajstić information content (AvgIpc) is 2.13. The zero-order valence-corrected chi connectivity index (χ0v) is 12.5. The highest BCUT2D eigenvalue weighted by Gasteiger charge is 2.22. The normalized spacial score (nSPS) is 14.9. The van der Waals surface area contributed by atoms with Crippen LogP contribution in [-0.2, 0) is 20.3 Å². The molecule has 0 fully saturated rings. The van der Waals surface area contributed by atoms with Gasteiger partial charge in [-0.1, -0.05) is 32.4 Å². The maximum atomic E-state index is 12.3. The number of pyridine rings is 1. The number of carbonyl (C=O) groups is 1. The highest BCUT2D eigenvalue weighted by Crippen LogP contribution is 2.18. The molecule has 0 aliphatic carbocycles. The number of rotatable bonds is 2. The van der Waals surface area contributed by atoms with E-state index in [9.17, 15) is 9.00 Å². The van der Waals surface area contributed by atoms with Crippen LogP contribution in [0.25, 0.3) is 0 Å². The quantitative estimate of drug-likeness (QED) is 0.786. The summed E-state index contributed by atoms with van der Waals surface area (Å²) in [4.78, 5) is 15.6. The van der Waals surface area contributed by atoms with Crippen LogP contribution >= 0.6 is 11.6 Å². The molecule has 1 aromatic heterocycles. The topological polar surface area (TPSA) is 59.4 Å². The fourth-order valence-electron chi connectivity index (χ4n) is 1.19. The summed E-state index contributed by atoms with van der Waals surface area (Å²) in [6.45, 7) is 5.24. The van der Waals surface area contributed by atoms with E-state index in [1.54, 1.807) is 39.1 Å². The van der Waals surface area contributed by atoms with Gasteiger partial charge in [0.25, 0.3) is 5.91 Å². The molecule has 100 valence electrons. The molecule has 0 radical (unpaired) electrons. The van der Waals surface area contributed by atoms with Crippen molar-refractivity contribution in [1.29, 1.82) is 0 Å². The van der Waals surface area contributed by atoms with E-state index < -0.39 is 15.1 Å². The minimum Gasteiger partial charge on any atom is -0.271 e. The molecule has 4 nitrogen and oxygen atoms in total. The predicted octanol–water partition coefficient (Wildman–Crippen LogP) is 2.91. The maximum absolute atomic E-state index is 12.3. The summed E-state index contributed by atoms with van der Waals surface area (Å²) in [6, 6.07) is 3.34. The third-order valence-corrected chi connectivity index (χ3v) is 3.77. The number of carbonyl (C=O) groups excluding carboxylic acids is 1. The Hall–Kier alpha value is -0.940. The van der Waals surface area contributed by atoms with E-state index in [0.717, 1.165) is 5.56 Å². The van der Waals surface area contributed by atoms with Crippen molar-refractivity contribution in [3.63, 3.8) is 0 Å². The first-order chi connectivity index (χ1) is 8.10. The van der Waals surface area contributed by atoms with Crippen LogP contribution < -0.4 is 0 Å². The van der Waals surface area contributed by atoms with Crippen molar-refractivity contribution >= 4 is 27.2 Å². The summed E-state index contributed by atoms with van der Waals surface area (Å²) in [5, 5.41) is 0.338. The van der Waals surface area contributed by atoms with Gasteiger partial charge in [0.1, 0.15) is 5.15 Å². The third-order valence-electron chi connectivity index (χ3n) is 2.14. The van der Waals surface area contributed by atoms with E-state index in [0.29, 0.717) is 5.15 Å². The number of hydrogen-bond donors (Lipinski definition) is 0. The minimum atomic E-state index is -2.59. The predicted molar refractivity (Wildman–Crippen MR) is 73.9 cm³/mol. The molecule has 0 N–H and O–H groups in total. The lowest BCUT2D eigenvalue weighted by molar-refractivity contribution is -0.124. The highest BCUT2D eigenvalue weighted by molar-refractivity contribution is 7.92. The first-order valence-electron chi connectivity index (χ1n) is 5.45.